The number of carbonyl (C=O) groups is 1. The van der Waals surface area contributed by atoms with Crippen molar-refractivity contribution in [3.63, 3.8) is 0 Å². The highest BCUT2D eigenvalue weighted by molar-refractivity contribution is 5.93. The van der Waals surface area contributed by atoms with E-state index in [1.165, 1.54) is 13.2 Å². The highest BCUT2D eigenvalue weighted by Gasteiger charge is 2.10. The van der Waals surface area contributed by atoms with Crippen LogP contribution < -0.4 is 20.9 Å². The molecule has 0 radical (unpaired) electrons. The molecule has 0 aliphatic carbocycles. The zero-order valence-corrected chi connectivity index (χ0v) is 10.4. The Labute approximate surface area is 110 Å². The smallest absolute Gasteiger partial charge is 0.248 e. The molecule has 19 heavy (non-hydrogen) atoms. The minimum absolute atomic E-state index is 0.352. The molecule has 0 fully saturated rings. The van der Waals surface area contributed by atoms with Crippen LogP contribution in [0.15, 0.2) is 42.5 Å². The number of methoxy groups -OCH3 is 1. The molecule has 0 bridgehead atoms. The molecule has 5 heteroatoms. The highest BCUT2D eigenvalue weighted by atomic mass is 16.5. The van der Waals surface area contributed by atoms with Crippen LogP contribution >= 0.6 is 0 Å². The van der Waals surface area contributed by atoms with E-state index in [9.17, 15) is 4.79 Å². The fourth-order valence-electron chi connectivity index (χ4n) is 1.60. The number of primary amides is 1. The van der Waals surface area contributed by atoms with Crippen LogP contribution in [-0.4, -0.2) is 13.0 Å². The minimum atomic E-state index is -0.524. The number of hydrogen-bond acceptors (Lipinski definition) is 4. The molecule has 0 saturated carbocycles. The van der Waals surface area contributed by atoms with Gasteiger partial charge in [0.2, 0.25) is 5.91 Å². The average Bonchev–Trinajstić information content (AvgIpc) is 2.41. The summed E-state index contributed by atoms with van der Waals surface area (Å²) in [6.07, 6.45) is 0. The van der Waals surface area contributed by atoms with Crippen LogP contribution in [0.1, 0.15) is 10.4 Å². The molecule has 0 spiro atoms. The Morgan fingerprint density at radius 1 is 1.05 bits per heavy atom. The molecule has 4 N–H and O–H groups in total. The van der Waals surface area contributed by atoms with Crippen molar-refractivity contribution in [2.45, 2.75) is 0 Å². The maximum atomic E-state index is 11.1. The summed E-state index contributed by atoms with van der Waals surface area (Å²) in [5.41, 5.74) is 11.9. The lowest BCUT2D eigenvalue weighted by Gasteiger charge is -2.12. The molecule has 0 heterocycles. The van der Waals surface area contributed by atoms with E-state index in [2.05, 4.69) is 0 Å². The van der Waals surface area contributed by atoms with Crippen LogP contribution in [0.2, 0.25) is 0 Å². The summed E-state index contributed by atoms with van der Waals surface area (Å²) in [6, 6.07) is 11.8. The lowest BCUT2D eigenvalue weighted by molar-refractivity contribution is 0.1000. The molecule has 0 aliphatic heterocycles. The van der Waals surface area contributed by atoms with E-state index >= 15 is 0 Å². The van der Waals surface area contributed by atoms with Crippen molar-refractivity contribution in [3.8, 4) is 17.2 Å². The third-order valence-corrected chi connectivity index (χ3v) is 2.59. The van der Waals surface area contributed by atoms with Gasteiger partial charge in [-0.15, -0.1) is 0 Å². The number of nitrogen functional groups attached to an aromatic ring is 1. The number of carbonyl (C=O) groups excluding carboxylic acids is 1. The van der Waals surface area contributed by atoms with Gasteiger partial charge in [0.05, 0.1) is 12.8 Å². The second kappa shape index (κ2) is 5.30. The van der Waals surface area contributed by atoms with Crippen molar-refractivity contribution < 1.29 is 14.3 Å². The van der Waals surface area contributed by atoms with Gasteiger partial charge in [-0.1, -0.05) is 12.1 Å². The number of benzene rings is 2. The first kappa shape index (κ1) is 12.8. The van der Waals surface area contributed by atoms with E-state index in [0.717, 1.165) is 0 Å². The SMILES string of the molecule is COc1cc(C(N)=O)ccc1Oc1ccccc1N. The van der Waals surface area contributed by atoms with Gasteiger partial charge < -0.3 is 20.9 Å². The Hall–Kier alpha value is -2.69. The third kappa shape index (κ3) is 2.77. The van der Waals surface area contributed by atoms with Crippen LogP contribution in [0.5, 0.6) is 17.2 Å². The first-order valence-electron chi connectivity index (χ1n) is 5.62. The molecule has 98 valence electrons. The van der Waals surface area contributed by atoms with Crippen LogP contribution in [0, 0.1) is 0 Å². The van der Waals surface area contributed by atoms with Crippen molar-refractivity contribution in [2.75, 3.05) is 12.8 Å². The Morgan fingerprint density at radius 2 is 1.79 bits per heavy atom. The average molecular weight is 258 g/mol. The zero-order valence-electron chi connectivity index (χ0n) is 10.4. The summed E-state index contributed by atoms with van der Waals surface area (Å²) in [5, 5.41) is 0. The molecule has 0 unspecified atom stereocenters. The second-order valence-corrected chi connectivity index (χ2v) is 3.87. The zero-order chi connectivity index (χ0) is 13.8. The first-order chi connectivity index (χ1) is 9.11. The van der Waals surface area contributed by atoms with Gasteiger partial charge in [-0.3, -0.25) is 4.79 Å². The van der Waals surface area contributed by atoms with Crippen molar-refractivity contribution in [3.05, 3.63) is 48.0 Å². The Bertz CT molecular complexity index is 611. The summed E-state index contributed by atoms with van der Waals surface area (Å²) in [6.45, 7) is 0. The van der Waals surface area contributed by atoms with Gasteiger partial charge in [0, 0.05) is 5.56 Å². The fraction of sp³-hybridized carbons (Fsp3) is 0.0714. The molecular formula is C14H14N2O3. The Kier molecular flexibility index (Phi) is 3.56. The van der Waals surface area contributed by atoms with Crippen molar-refractivity contribution in [2.24, 2.45) is 5.73 Å². The monoisotopic (exact) mass is 258 g/mol. The number of hydrogen-bond donors (Lipinski definition) is 2. The molecule has 2 rings (SSSR count). The molecule has 0 aliphatic rings. The topological polar surface area (TPSA) is 87.6 Å². The minimum Gasteiger partial charge on any atom is -0.493 e. The molecule has 0 aromatic heterocycles. The fourth-order valence-corrected chi connectivity index (χ4v) is 1.60. The van der Waals surface area contributed by atoms with E-state index in [0.29, 0.717) is 28.5 Å². The number of para-hydroxylation sites is 2. The van der Waals surface area contributed by atoms with E-state index < -0.39 is 5.91 Å². The molecule has 5 nitrogen and oxygen atoms in total. The van der Waals surface area contributed by atoms with E-state index in [1.807, 2.05) is 12.1 Å². The molecule has 0 saturated heterocycles. The maximum absolute atomic E-state index is 11.1. The summed E-state index contributed by atoms with van der Waals surface area (Å²) >= 11 is 0. The van der Waals surface area contributed by atoms with Crippen molar-refractivity contribution in [1.29, 1.82) is 0 Å². The second-order valence-electron chi connectivity index (χ2n) is 3.87. The van der Waals surface area contributed by atoms with Crippen LogP contribution in [0.25, 0.3) is 0 Å². The molecular weight excluding hydrogens is 244 g/mol. The lowest BCUT2D eigenvalue weighted by Crippen LogP contribution is -2.10. The van der Waals surface area contributed by atoms with Gasteiger partial charge in [-0.25, -0.2) is 0 Å². The van der Waals surface area contributed by atoms with Gasteiger partial charge in [-0.2, -0.15) is 0 Å². The van der Waals surface area contributed by atoms with Gasteiger partial charge in [0.1, 0.15) is 0 Å². The van der Waals surface area contributed by atoms with Crippen LogP contribution in [0.3, 0.4) is 0 Å². The molecule has 2 aromatic rings. The predicted molar refractivity (Wildman–Crippen MR) is 72.4 cm³/mol. The standard InChI is InChI=1S/C14H14N2O3/c1-18-13-8-9(14(16)17)6-7-12(13)19-11-5-3-2-4-10(11)15/h2-8H,15H2,1H3,(H2,16,17). The quantitative estimate of drug-likeness (QED) is 0.823. The number of amides is 1. The normalized spacial score (nSPS) is 9.95. The summed E-state index contributed by atoms with van der Waals surface area (Å²) in [7, 11) is 1.49. The van der Waals surface area contributed by atoms with Crippen molar-refractivity contribution >= 4 is 11.6 Å². The van der Waals surface area contributed by atoms with Crippen LogP contribution in [-0.2, 0) is 0 Å². The predicted octanol–water partition coefficient (Wildman–Crippen LogP) is 2.17. The van der Waals surface area contributed by atoms with Gasteiger partial charge in [0.25, 0.3) is 0 Å². The largest absolute Gasteiger partial charge is 0.493 e. The summed E-state index contributed by atoms with van der Waals surface area (Å²) < 4.78 is 10.8. The number of rotatable bonds is 4. The number of ether oxygens (including phenoxy) is 2. The first-order valence-corrected chi connectivity index (χ1v) is 5.62. The summed E-state index contributed by atoms with van der Waals surface area (Å²) in [5.74, 6) is 0.877. The van der Waals surface area contributed by atoms with Gasteiger partial charge in [-0.05, 0) is 30.3 Å². The molecule has 0 atom stereocenters. The van der Waals surface area contributed by atoms with Crippen LogP contribution in [0.4, 0.5) is 5.69 Å². The molecule has 1 amide bonds. The van der Waals surface area contributed by atoms with Gasteiger partial charge in [0.15, 0.2) is 17.2 Å². The Morgan fingerprint density at radius 3 is 2.42 bits per heavy atom. The maximum Gasteiger partial charge on any atom is 0.248 e. The van der Waals surface area contributed by atoms with Gasteiger partial charge >= 0.3 is 0 Å². The third-order valence-electron chi connectivity index (χ3n) is 2.59. The van der Waals surface area contributed by atoms with Crippen molar-refractivity contribution in [1.82, 2.24) is 0 Å². The summed E-state index contributed by atoms with van der Waals surface area (Å²) in [4.78, 5) is 11.1. The Balaban J connectivity index is 2.35. The highest BCUT2D eigenvalue weighted by Crippen LogP contribution is 2.34. The van der Waals surface area contributed by atoms with E-state index in [-0.39, 0.29) is 0 Å². The lowest BCUT2D eigenvalue weighted by atomic mass is 10.2. The van der Waals surface area contributed by atoms with E-state index in [1.54, 1.807) is 24.3 Å². The molecule has 2 aromatic carbocycles. The number of nitrogens with two attached hydrogens (primary N) is 2. The number of anilines is 1. The van der Waals surface area contributed by atoms with E-state index in [4.69, 9.17) is 20.9 Å².